The van der Waals surface area contributed by atoms with Gasteiger partial charge in [0.1, 0.15) is 17.9 Å². The highest BCUT2D eigenvalue weighted by Gasteiger charge is 2.30. The van der Waals surface area contributed by atoms with Gasteiger partial charge < -0.3 is 19.5 Å². The summed E-state index contributed by atoms with van der Waals surface area (Å²) in [7, 11) is 0.182. The van der Waals surface area contributed by atoms with Crippen LogP contribution in [-0.2, 0) is 11.5 Å². The molecule has 10 nitrogen and oxygen atoms in total. The topological polar surface area (TPSA) is 105 Å². The summed E-state index contributed by atoms with van der Waals surface area (Å²) in [4.78, 5) is 27.2. The van der Waals surface area contributed by atoms with Crippen LogP contribution in [0.5, 0.6) is 11.6 Å². The van der Waals surface area contributed by atoms with Crippen molar-refractivity contribution in [1.29, 1.82) is 0 Å². The zero-order valence-corrected chi connectivity index (χ0v) is 24.0. The molecular formula is C26H30ClFN6O4Si. The van der Waals surface area contributed by atoms with Crippen molar-refractivity contribution in [3.8, 4) is 11.6 Å². The molecule has 13 heteroatoms. The third-order valence-electron chi connectivity index (χ3n) is 6.49. The molecule has 5 rings (SSSR count). The van der Waals surface area contributed by atoms with Gasteiger partial charge in [-0.2, -0.15) is 4.98 Å². The number of methoxy groups -OCH3 is 1. The number of pyridine rings is 1. The molecule has 4 aromatic rings. The van der Waals surface area contributed by atoms with Gasteiger partial charge in [0.25, 0.3) is 0 Å². The van der Waals surface area contributed by atoms with Gasteiger partial charge in [-0.25, -0.2) is 19.2 Å². The number of aromatic nitrogens is 5. The summed E-state index contributed by atoms with van der Waals surface area (Å²) >= 11 is 6.13. The van der Waals surface area contributed by atoms with Gasteiger partial charge in [-0.05, 0) is 18.2 Å². The van der Waals surface area contributed by atoms with Gasteiger partial charge in [-0.15, -0.1) is 0 Å². The van der Waals surface area contributed by atoms with E-state index >= 15 is 0 Å². The summed E-state index contributed by atoms with van der Waals surface area (Å²) in [6, 6.07) is 6.84. The quantitative estimate of drug-likeness (QED) is 0.215. The largest absolute Gasteiger partial charge is 0.490 e. The van der Waals surface area contributed by atoms with E-state index in [-0.39, 0.29) is 30.7 Å². The lowest BCUT2D eigenvalue weighted by molar-refractivity contribution is 0.0868. The van der Waals surface area contributed by atoms with Crippen LogP contribution in [0.3, 0.4) is 0 Å². The Bertz CT molecular complexity index is 1570. The first-order chi connectivity index (χ1) is 18.7. The Kier molecular flexibility index (Phi) is 7.61. The second kappa shape index (κ2) is 10.9. The van der Waals surface area contributed by atoms with Crippen molar-refractivity contribution in [3.05, 3.63) is 63.5 Å². The minimum atomic E-state index is -1.31. The van der Waals surface area contributed by atoms with Gasteiger partial charge in [0.15, 0.2) is 17.2 Å². The number of para-hydroxylation sites is 1. The maximum atomic E-state index is 14.6. The second-order valence-corrected chi connectivity index (χ2v) is 16.5. The first-order valence-electron chi connectivity index (χ1n) is 12.6. The van der Waals surface area contributed by atoms with E-state index in [0.29, 0.717) is 46.3 Å². The van der Waals surface area contributed by atoms with E-state index in [1.165, 1.54) is 23.9 Å². The van der Waals surface area contributed by atoms with Crippen LogP contribution < -0.4 is 20.5 Å². The number of hydrogen-bond donors (Lipinski definition) is 1. The molecule has 39 heavy (non-hydrogen) atoms. The maximum Gasteiger partial charge on any atom is 0.332 e. The summed E-state index contributed by atoms with van der Waals surface area (Å²) in [5.74, 6) is 0.195. The highest BCUT2D eigenvalue weighted by molar-refractivity contribution is 6.76. The van der Waals surface area contributed by atoms with Crippen LogP contribution in [0.25, 0.3) is 11.2 Å². The van der Waals surface area contributed by atoms with Crippen molar-refractivity contribution in [1.82, 2.24) is 24.1 Å². The predicted molar refractivity (Wildman–Crippen MR) is 150 cm³/mol. The zero-order valence-electron chi connectivity index (χ0n) is 22.2. The first-order valence-corrected chi connectivity index (χ1v) is 16.7. The Morgan fingerprint density at radius 2 is 2.08 bits per heavy atom. The molecule has 0 aliphatic carbocycles. The van der Waals surface area contributed by atoms with E-state index < -0.39 is 19.9 Å². The Morgan fingerprint density at radius 3 is 2.85 bits per heavy atom. The molecule has 1 aliphatic heterocycles. The molecule has 1 aromatic carbocycles. The molecule has 4 heterocycles. The molecule has 206 valence electrons. The number of ether oxygens (including phenoxy) is 3. The number of imidazole rings is 1. The molecule has 0 spiro atoms. The van der Waals surface area contributed by atoms with Crippen molar-refractivity contribution in [2.45, 2.75) is 44.9 Å². The summed E-state index contributed by atoms with van der Waals surface area (Å²) in [5, 5.41) is 3.48. The SMILES string of the molecule is COc1ncc(Cl)cc1Nc1ncc2c(n1)n([C@@H]1CCOc3c(F)cccc31)c(=O)n2COCC[Si](C)(C)C. The molecule has 0 fully saturated rings. The molecule has 1 atom stereocenters. The molecule has 1 aliphatic rings. The third-order valence-corrected chi connectivity index (χ3v) is 8.40. The molecule has 3 aromatic heterocycles. The van der Waals surface area contributed by atoms with E-state index in [2.05, 4.69) is 34.9 Å². The molecule has 0 unspecified atom stereocenters. The lowest BCUT2D eigenvalue weighted by atomic mass is 10.00. The number of hydrogen-bond acceptors (Lipinski definition) is 8. The van der Waals surface area contributed by atoms with Gasteiger partial charge >= 0.3 is 5.69 Å². The standard InChI is InChI=1S/C26H30ClFN6O4Si/c1-36-24-19(12-16(27)13-29-24)31-25-30-14-21-23(32-25)34(26(35)33(21)15-37-10-11-39(2,3)4)20-8-9-38-22-17(20)6-5-7-18(22)28/h5-7,12-14,20H,8-11,15H2,1-4H3,(H,30,31,32)/t20-/m1/s1. The van der Waals surface area contributed by atoms with Crippen molar-refractivity contribution in [3.63, 3.8) is 0 Å². The van der Waals surface area contributed by atoms with Crippen molar-refractivity contribution in [2.75, 3.05) is 25.6 Å². The third kappa shape index (κ3) is 5.63. The van der Waals surface area contributed by atoms with Gasteiger partial charge in [-0.3, -0.25) is 9.13 Å². The van der Waals surface area contributed by atoms with Crippen LogP contribution in [0.15, 0.2) is 41.5 Å². The van der Waals surface area contributed by atoms with E-state index in [1.807, 2.05) is 0 Å². The van der Waals surface area contributed by atoms with Crippen LogP contribution >= 0.6 is 11.6 Å². The lowest BCUT2D eigenvalue weighted by Crippen LogP contribution is -2.32. The van der Waals surface area contributed by atoms with Crippen LogP contribution in [0, 0.1) is 5.82 Å². The van der Waals surface area contributed by atoms with Crippen LogP contribution in [0.1, 0.15) is 18.0 Å². The number of halogens is 2. The fraction of sp³-hybridized carbons (Fsp3) is 0.385. The van der Waals surface area contributed by atoms with E-state index in [9.17, 15) is 9.18 Å². The molecule has 0 amide bonds. The minimum absolute atomic E-state index is 0.0498. The molecule has 0 bridgehead atoms. The molecular weight excluding hydrogens is 543 g/mol. The second-order valence-electron chi connectivity index (χ2n) is 10.5. The summed E-state index contributed by atoms with van der Waals surface area (Å²) in [6.07, 6.45) is 3.50. The molecule has 0 saturated carbocycles. The summed E-state index contributed by atoms with van der Waals surface area (Å²) in [5.41, 5.74) is 1.59. The monoisotopic (exact) mass is 572 g/mol. The molecule has 0 saturated heterocycles. The molecule has 1 N–H and O–H groups in total. The van der Waals surface area contributed by atoms with Crippen LogP contribution in [-0.4, -0.2) is 52.5 Å². The maximum absolute atomic E-state index is 14.6. The van der Waals surface area contributed by atoms with E-state index in [4.69, 9.17) is 30.8 Å². The average Bonchev–Trinajstić information content (AvgIpc) is 3.16. The van der Waals surface area contributed by atoms with E-state index in [0.717, 1.165) is 6.04 Å². The number of nitrogens with one attached hydrogen (secondary N) is 1. The molecule has 0 radical (unpaired) electrons. The number of fused-ring (bicyclic) bond motifs is 2. The summed E-state index contributed by atoms with van der Waals surface area (Å²) in [6.45, 7) is 7.65. The number of benzene rings is 1. The first kappa shape index (κ1) is 27.1. The van der Waals surface area contributed by atoms with Crippen LogP contribution in [0.2, 0.25) is 30.7 Å². The van der Waals surface area contributed by atoms with Crippen molar-refractivity contribution >= 4 is 42.5 Å². The Balaban J connectivity index is 1.59. The Morgan fingerprint density at radius 1 is 1.26 bits per heavy atom. The average molecular weight is 573 g/mol. The van der Waals surface area contributed by atoms with Crippen LogP contribution in [0.4, 0.5) is 16.0 Å². The predicted octanol–water partition coefficient (Wildman–Crippen LogP) is 5.22. The van der Waals surface area contributed by atoms with Gasteiger partial charge in [0.2, 0.25) is 11.8 Å². The van der Waals surface area contributed by atoms with Gasteiger partial charge in [-0.1, -0.05) is 43.4 Å². The zero-order chi connectivity index (χ0) is 27.7. The fourth-order valence-electron chi connectivity index (χ4n) is 4.49. The fourth-order valence-corrected chi connectivity index (χ4v) is 5.41. The highest BCUT2D eigenvalue weighted by Crippen LogP contribution is 2.37. The highest BCUT2D eigenvalue weighted by atomic mass is 35.5. The number of nitrogens with zero attached hydrogens (tertiary/aromatic N) is 5. The van der Waals surface area contributed by atoms with Crippen molar-refractivity contribution < 1.29 is 18.6 Å². The Labute approximate surface area is 230 Å². The smallest absolute Gasteiger partial charge is 0.332 e. The lowest BCUT2D eigenvalue weighted by Gasteiger charge is -2.26. The van der Waals surface area contributed by atoms with Gasteiger partial charge in [0.05, 0.1) is 31.0 Å². The summed E-state index contributed by atoms with van der Waals surface area (Å²) < 4.78 is 34.5. The number of anilines is 2. The van der Waals surface area contributed by atoms with E-state index in [1.54, 1.807) is 29.0 Å². The minimum Gasteiger partial charge on any atom is -0.490 e. The normalized spacial score (nSPS) is 15.2. The van der Waals surface area contributed by atoms with Gasteiger partial charge in [0, 0.05) is 32.9 Å². The number of rotatable bonds is 9. The Hall–Kier alpha value is -3.48. The van der Waals surface area contributed by atoms with Crippen molar-refractivity contribution in [2.24, 2.45) is 0 Å².